The molecule has 132 valence electrons. The van der Waals surface area contributed by atoms with Crippen LogP contribution in [0.5, 0.6) is 0 Å². The highest BCUT2D eigenvalue weighted by Crippen LogP contribution is 2.32. The molecule has 0 aliphatic carbocycles. The van der Waals surface area contributed by atoms with E-state index in [1.165, 1.54) is 19.3 Å². The first-order valence-electron chi connectivity index (χ1n) is 6.33. The number of hydroxylamine groups is 1. The molecule has 2 rings (SSSR count). The van der Waals surface area contributed by atoms with Gasteiger partial charge in [-0.05, 0) is 12.1 Å². The minimum Gasteiger partial charge on any atom is -0.329 e. The Morgan fingerprint density at radius 3 is 2.71 bits per heavy atom. The fourth-order valence-electron chi connectivity index (χ4n) is 1.66. The second kappa shape index (κ2) is 7.01. The van der Waals surface area contributed by atoms with Crippen LogP contribution >= 0.6 is 11.3 Å². The van der Waals surface area contributed by atoms with Gasteiger partial charge in [-0.25, -0.2) is 8.42 Å². The lowest BCUT2D eigenvalue weighted by Crippen LogP contribution is -2.30. The number of halogens is 3. The molecule has 2 aromatic rings. The van der Waals surface area contributed by atoms with Crippen molar-refractivity contribution >= 4 is 21.4 Å². The predicted octanol–water partition coefficient (Wildman–Crippen LogP) is 2.70. The molecule has 0 saturated heterocycles. The Balaban J connectivity index is 2.18. The number of hydrogen-bond donors (Lipinski definition) is 0. The van der Waals surface area contributed by atoms with Gasteiger partial charge >= 0.3 is 12.1 Å². The number of aromatic nitrogens is 2. The van der Waals surface area contributed by atoms with E-state index in [0.29, 0.717) is 9.75 Å². The number of sulfonamides is 1. The molecule has 0 radical (unpaired) electrons. The van der Waals surface area contributed by atoms with Crippen molar-refractivity contribution < 1.29 is 30.9 Å². The van der Waals surface area contributed by atoms with Gasteiger partial charge in [-0.15, -0.1) is 17.9 Å². The van der Waals surface area contributed by atoms with Crippen LogP contribution in [0.1, 0.15) is 10.8 Å². The maximum atomic E-state index is 12.5. The van der Waals surface area contributed by atoms with Gasteiger partial charge in [0, 0.05) is 4.88 Å². The van der Waals surface area contributed by atoms with Crippen LogP contribution in [-0.2, 0) is 27.6 Å². The Hall–Kier alpha value is -1.76. The van der Waals surface area contributed by atoms with Gasteiger partial charge in [-0.2, -0.15) is 18.2 Å². The fourth-order valence-corrected chi connectivity index (χ4v) is 3.68. The second-order valence-corrected chi connectivity index (χ2v) is 7.47. The van der Waals surface area contributed by atoms with Crippen molar-refractivity contribution in [2.75, 3.05) is 12.9 Å². The molecule has 0 aliphatic rings. The number of nitrogens with zero attached hydrogens (tertiary/aromatic N) is 3. The molecule has 12 heteroatoms. The van der Waals surface area contributed by atoms with Crippen molar-refractivity contribution in [2.24, 2.45) is 0 Å². The van der Waals surface area contributed by atoms with Crippen LogP contribution in [0.2, 0.25) is 0 Å². The molecule has 0 aromatic carbocycles. The zero-order chi connectivity index (χ0) is 18.0. The standard InChI is InChI=1S/C12H12F3N3O4S2/c1-3-6-24(19,20)18(21-2)7-8-4-5-9(23-8)10-16-11(22-17-10)12(13,14)15/h3-5H,1,6-7H2,2H3. The van der Waals surface area contributed by atoms with E-state index in [4.69, 9.17) is 4.84 Å². The summed E-state index contributed by atoms with van der Waals surface area (Å²) in [5, 5.41) is 3.27. The van der Waals surface area contributed by atoms with E-state index in [2.05, 4.69) is 21.2 Å². The Kier molecular flexibility index (Phi) is 5.42. The molecule has 0 amide bonds. The molecule has 0 N–H and O–H groups in total. The Labute approximate surface area is 139 Å². The molecule has 7 nitrogen and oxygen atoms in total. The van der Waals surface area contributed by atoms with Gasteiger partial charge in [-0.3, -0.25) is 4.84 Å². The third-order valence-electron chi connectivity index (χ3n) is 2.68. The van der Waals surface area contributed by atoms with Gasteiger partial charge in [0.05, 0.1) is 24.3 Å². The molecule has 0 atom stereocenters. The van der Waals surface area contributed by atoms with E-state index in [1.807, 2.05) is 0 Å². The molecule has 0 unspecified atom stereocenters. The average Bonchev–Trinajstić information content (AvgIpc) is 3.12. The molecule has 0 aliphatic heterocycles. The molecule has 0 fully saturated rings. The molecule has 0 bridgehead atoms. The highest BCUT2D eigenvalue weighted by Gasteiger charge is 2.38. The largest absolute Gasteiger partial charge is 0.471 e. The number of alkyl halides is 3. The molecule has 2 aromatic heterocycles. The van der Waals surface area contributed by atoms with Crippen molar-refractivity contribution in [1.29, 1.82) is 0 Å². The molecule has 24 heavy (non-hydrogen) atoms. The highest BCUT2D eigenvalue weighted by molar-refractivity contribution is 7.89. The van der Waals surface area contributed by atoms with Crippen LogP contribution in [0.25, 0.3) is 10.7 Å². The van der Waals surface area contributed by atoms with E-state index in [1.54, 1.807) is 6.07 Å². The second-order valence-electron chi connectivity index (χ2n) is 4.40. The first-order valence-corrected chi connectivity index (χ1v) is 8.75. The minimum absolute atomic E-state index is 0.110. The molecule has 0 spiro atoms. The summed E-state index contributed by atoms with van der Waals surface area (Å²) in [6, 6.07) is 3.01. The lowest BCUT2D eigenvalue weighted by atomic mass is 10.4. The summed E-state index contributed by atoms with van der Waals surface area (Å²) in [4.78, 5) is 8.95. The predicted molar refractivity (Wildman–Crippen MR) is 79.1 cm³/mol. The smallest absolute Gasteiger partial charge is 0.329 e. The van der Waals surface area contributed by atoms with Crippen molar-refractivity contribution in [2.45, 2.75) is 12.7 Å². The van der Waals surface area contributed by atoms with Crippen LogP contribution in [0.15, 0.2) is 29.3 Å². The van der Waals surface area contributed by atoms with Crippen LogP contribution < -0.4 is 0 Å². The summed E-state index contributed by atoms with van der Waals surface area (Å²) in [6.07, 6.45) is -3.50. The lowest BCUT2D eigenvalue weighted by Gasteiger charge is -2.17. The SMILES string of the molecule is C=CCS(=O)(=O)N(Cc1ccc(-c2noc(C(F)(F)F)n2)s1)OC. The molecular weight excluding hydrogens is 371 g/mol. The van der Waals surface area contributed by atoms with Gasteiger partial charge in [-0.1, -0.05) is 15.7 Å². The Bertz CT molecular complexity index is 814. The van der Waals surface area contributed by atoms with Crippen molar-refractivity contribution in [3.05, 3.63) is 35.6 Å². The van der Waals surface area contributed by atoms with E-state index in [0.717, 1.165) is 15.8 Å². The molecular formula is C12H12F3N3O4S2. The van der Waals surface area contributed by atoms with Crippen molar-refractivity contribution in [1.82, 2.24) is 14.6 Å². The van der Waals surface area contributed by atoms with E-state index in [9.17, 15) is 21.6 Å². The first-order chi connectivity index (χ1) is 11.2. The summed E-state index contributed by atoms with van der Waals surface area (Å²) in [7, 11) is -2.49. The maximum absolute atomic E-state index is 12.5. The number of thiophene rings is 1. The van der Waals surface area contributed by atoms with Gasteiger partial charge in [0.2, 0.25) is 15.8 Å². The summed E-state index contributed by atoms with van der Waals surface area (Å²) < 4.78 is 66.1. The van der Waals surface area contributed by atoms with E-state index in [-0.39, 0.29) is 18.1 Å². The first kappa shape index (κ1) is 18.6. The van der Waals surface area contributed by atoms with Gasteiger partial charge in [0.25, 0.3) is 0 Å². The van der Waals surface area contributed by atoms with E-state index >= 15 is 0 Å². The monoisotopic (exact) mass is 383 g/mol. The molecule has 0 saturated carbocycles. The zero-order valence-corrected chi connectivity index (χ0v) is 13.9. The summed E-state index contributed by atoms with van der Waals surface area (Å²) in [6.45, 7) is 3.25. The zero-order valence-electron chi connectivity index (χ0n) is 12.3. The van der Waals surface area contributed by atoms with Crippen LogP contribution in [0, 0.1) is 0 Å². The van der Waals surface area contributed by atoms with Crippen molar-refractivity contribution in [3.8, 4) is 10.7 Å². The third kappa shape index (κ3) is 4.20. The molecule has 2 heterocycles. The number of rotatable bonds is 7. The Morgan fingerprint density at radius 1 is 1.46 bits per heavy atom. The van der Waals surface area contributed by atoms with Crippen molar-refractivity contribution in [3.63, 3.8) is 0 Å². The summed E-state index contributed by atoms with van der Waals surface area (Å²) >= 11 is 1.02. The number of hydrogen-bond acceptors (Lipinski definition) is 7. The Morgan fingerprint density at radius 2 is 2.17 bits per heavy atom. The van der Waals surface area contributed by atoms with Crippen LogP contribution in [-0.4, -0.2) is 35.9 Å². The quantitative estimate of drug-likeness (QED) is 0.540. The van der Waals surface area contributed by atoms with Crippen LogP contribution in [0.4, 0.5) is 13.2 Å². The van der Waals surface area contributed by atoms with Gasteiger partial charge < -0.3 is 4.52 Å². The highest BCUT2D eigenvalue weighted by atomic mass is 32.2. The van der Waals surface area contributed by atoms with Gasteiger partial charge in [0.15, 0.2) is 0 Å². The lowest BCUT2D eigenvalue weighted by molar-refractivity contribution is -0.159. The van der Waals surface area contributed by atoms with Gasteiger partial charge in [0.1, 0.15) is 0 Å². The van der Waals surface area contributed by atoms with Crippen LogP contribution in [0.3, 0.4) is 0 Å². The fraction of sp³-hybridized carbons (Fsp3) is 0.333. The normalized spacial score (nSPS) is 12.7. The average molecular weight is 383 g/mol. The minimum atomic E-state index is -4.73. The summed E-state index contributed by atoms with van der Waals surface area (Å²) in [5.74, 6) is -1.98. The maximum Gasteiger partial charge on any atom is 0.471 e. The topological polar surface area (TPSA) is 85.5 Å². The van der Waals surface area contributed by atoms with E-state index < -0.39 is 22.1 Å². The third-order valence-corrected chi connectivity index (χ3v) is 5.30. The summed E-state index contributed by atoms with van der Waals surface area (Å²) in [5.41, 5.74) is 0.